The Balaban J connectivity index is 2.82. The average Bonchev–Trinajstić information content (AvgIpc) is 2.42. The predicted molar refractivity (Wildman–Crippen MR) is 80.1 cm³/mol. The van der Waals surface area contributed by atoms with Crippen LogP contribution in [0.3, 0.4) is 0 Å². The Morgan fingerprint density at radius 3 is 2.74 bits per heavy atom. The van der Waals surface area contributed by atoms with Gasteiger partial charge in [-0.05, 0) is 18.6 Å². The first-order chi connectivity index (χ1) is 9.06. The van der Waals surface area contributed by atoms with Crippen molar-refractivity contribution in [2.45, 2.75) is 33.4 Å². The highest BCUT2D eigenvalue weighted by atomic mass is 35.5. The third-order valence-corrected chi connectivity index (χ3v) is 2.99. The lowest BCUT2D eigenvalue weighted by molar-refractivity contribution is 0.342. The van der Waals surface area contributed by atoms with Crippen LogP contribution in [-0.4, -0.2) is 19.8 Å². The van der Waals surface area contributed by atoms with Crippen molar-refractivity contribution >= 4 is 11.6 Å². The van der Waals surface area contributed by atoms with Crippen molar-refractivity contribution in [2.75, 3.05) is 13.7 Å². The summed E-state index contributed by atoms with van der Waals surface area (Å²) in [6, 6.07) is 6.29. The van der Waals surface area contributed by atoms with Gasteiger partial charge in [0.1, 0.15) is 18.1 Å². The number of methoxy groups -OCH3 is 1. The van der Waals surface area contributed by atoms with Gasteiger partial charge in [0.25, 0.3) is 0 Å². The van der Waals surface area contributed by atoms with Crippen LogP contribution < -0.4 is 14.8 Å². The van der Waals surface area contributed by atoms with Gasteiger partial charge in [-0.2, -0.15) is 0 Å². The molecule has 0 saturated carbocycles. The Morgan fingerprint density at radius 1 is 1.42 bits per heavy atom. The molecule has 1 rings (SSSR count). The Labute approximate surface area is 120 Å². The molecule has 4 heteroatoms. The standard InChI is InChI=1S/C15H22ClNO2/c1-11(2)17-9-13-5-6-14(18-4)7-15(13)19-10-12(3)8-16/h5-8,11,17H,9-10H2,1-4H3/b12-8+. The lowest BCUT2D eigenvalue weighted by atomic mass is 10.1. The fourth-order valence-electron chi connectivity index (χ4n) is 1.48. The molecule has 0 aliphatic rings. The molecule has 1 N–H and O–H groups in total. The second-order valence-corrected chi connectivity index (χ2v) is 4.97. The third kappa shape index (κ3) is 5.53. The summed E-state index contributed by atoms with van der Waals surface area (Å²) < 4.78 is 11.0. The van der Waals surface area contributed by atoms with E-state index in [9.17, 15) is 0 Å². The van der Waals surface area contributed by atoms with Gasteiger partial charge in [0.2, 0.25) is 0 Å². The molecule has 0 unspecified atom stereocenters. The van der Waals surface area contributed by atoms with E-state index in [1.54, 1.807) is 7.11 Å². The Kier molecular flexibility index (Phi) is 6.74. The molecule has 0 heterocycles. The van der Waals surface area contributed by atoms with Gasteiger partial charge in [-0.25, -0.2) is 0 Å². The highest BCUT2D eigenvalue weighted by Crippen LogP contribution is 2.25. The van der Waals surface area contributed by atoms with Crippen LogP contribution in [-0.2, 0) is 6.54 Å². The topological polar surface area (TPSA) is 30.5 Å². The molecule has 0 aliphatic heterocycles. The predicted octanol–water partition coefficient (Wildman–Crippen LogP) is 3.71. The molecule has 0 amide bonds. The molecule has 106 valence electrons. The fourth-order valence-corrected chi connectivity index (χ4v) is 1.54. The maximum absolute atomic E-state index is 5.79. The van der Waals surface area contributed by atoms with Crippen LogP contribution in [0.25, 0.3) is 0 Å². The molecule has 0 aromatic heterocycles. The first-order valence-corrected chi connectivity index (χ1v) is 6.79. The second-order valence-electron chi connectivity index (χ2n) is 4.75. The van der Waals surface area contributed by atoms with Crippen LogP contribution in [0.15, 0.2) is 29.3 Å². The summed E-state index contributed by atoms with van der Waals surface area (Å²) in [5.74, 6) is 1.61. The zero-order valence-corrected chi connectivity index (χ0v) is 12.8. The van der Waals surface area contributed by atoms with Crippen LogP contribution in [0.5, 0.6) is 11.5 Å². The average molecular weight is 284 g/mol. The van der Waals surface area contributed by atoms with Gasteiger partial charge in [0.05, 0.1) is 7.11 Å². The Morgan fingerprint density at radius 2 is 2.16 bits per heavy atom. The number of nitrogens with one attached hydrogen (secondary N) is 1. The van der Waals surface area contributed by atoms with E-state index in [1.807, 2.05) is 25.1 Å². The van der Waals surface area contributed by atoms with Gasteiger partial charge < -0.3 is 14.8 Å². The van der Waals surface area contributed by atoms with E-state index in [4.69, 9.17) is 21.1 Å². The summed E-state index contributed by atoms with van der Waals surface area (Å²) in [5, 5.41) is 3.38. The van der Waals surface area contributed by atoms with Crippen LogP contribution in [0, 0.1) is 0 Å². The third-order valence-electron chi connectivity index (χ3n) is 2.62. The smallest absolute Gasteiger partial charge is 0.127 e. The number of ether oxygens (including phenoxy) is 2. The molecule has 0 radical (unpaired) electrons. The molecule has 0 fully saturated rings. The number of rotatable bonds is 7. The summed E-state index contributed by atoms with van der Waals surface area (Å²) in [4.78, 5) is 0. The van der Waals surface area contributed by atoms with Crippen molar-refractivity contribution in [2.24, 2.45) is 0 Å². The highest BCUT2D eigenvalue weighted by Gasteiger charge is 2.07. The molecule has 0 spiro atoms. The van der Waals surface area contributed by atoms with Gasteiger partial charge in [0.15, 0.2) is 0 Å². The van der Waals surface area contributed by atoms with E-state index in [2.05, 4.69) is 19.2 Å². The van der Waals surface area contributed by atoms with Crippen molar-refractivity contribution in [3.63, 3.8) is 0 Å². The fraction of sp³-hybridized carbons (Fsp3) is 0.467. The van der Waals surface area contributed by atoms with Gasteiger partial charge in [0, 0.05) is 29.8 Å². The zero-order chi connectivity index (χ0) is 14.3. The SMILES string of the molecule is COc1ccc(CNC(C)C)c(OC/C(C)=C/Cl)c1. The van der Waals surface area contributed by atoms with Gasteiger partial charge >= 0.3 is 0 Å². The summed E-state index contributed by atoms with van der Waals surface area (Å²) in [7, 11) is 1.65. The van der Waals surface area contributed by atoms with Crippen LogP contribution in [0.4, 0.5) is 0 Å². The van der Waals surface area contributed by atoms with Gasteiger partial charge in [-0.1, -0.05) is 31.5 Å². The molecule has 1 aromatic carbocycles. The van der Waals surface area contributed by atoms with E-state index < -0.39 is 0 Å². The number of benzene rings is 1. The molecule has 1 aromatic rings. The minimum Gasteiger partial charge on any atom is -0.497 e. The molecule has 0 atom stereocenters. The lowest BCUT2D eigenvalue weighted by Gasteiger charge is -2.15. The van der Waals surface area contributed by atoms with Crippen molar-refractivity contribution in [3.8, 4) is 11.5 Å². The first kappa shape index (κ1) is 15.9. The number of hydrogen-bond acceptors (Lipinski definition) is 3. The van der Waals surface area contributed by atoms with Crippen LogP contribution >= 0.6 is 11.6 Å². The molecule has 3 nitrogen and oxygen atoms in total. The molecule has 0 saturated heterocycles. The molecule has 0 bridgehead atoms. The van der Waals surface area contributed by atoms with Gasteiger partial charge in [-0.15, -0.1) is 0 Å². The summed E-state index contributed by atoms with van der Waals surface area (Å²) >= 11 is 5.64. The summed E-state index contributed by atoms with van der Waals surface area (Å²) in [6.07, 6.45) is 0. The van der Waals surface area contributed by atoms with Crippen LogP contribution in [0.1, 0.15) is 26.3 Å². The van der Waals surface area contributed by atoms with Crippen LogP contribution in [0.2, 0.25) is 0 Å². The molecule has 0 aliphatic carbocycles. The Bertz CT molecular complexity index is 430. The Hall–Kier alpha value is -1.19. The summed E-state index contributed by atoms with van der Waals surface area (Å²) in [6.45, 7) is 7.40. The maximum Gasteiger partial charge on any atom is 0.127 e. The number of halogens is 1. The van der Waals surface area contributed by atoms with Gasteiger partial charge in [-0.3, -0.25) is 0 Å². The van der Waals surface area contributed by atoms with E-state index >= 15 is 0 Å². The van der Waals surface area contributed by atoms with E-state index in [0.717, 1.165) is 29.2 Å². The monoisotopic (exact) mass is 283 g/mol. The molecular formula is C15H22ClNO2. The van der Waals surface area contributed by atoms with Crippen molar-refractivity contribution < 1.29 is 9.47 Å². The molecular weight excluding hydrogens is 262 g/mol. The highest BCUT2D eigenvalue weighted by molar-refractivity contribution is 6.25. The molecule has 19 heavy (non-hydrogen) atoms. The lowest BCUT2D eigenvalue weighted by Crippen LogP contribution is -2.22. The van der Waals surface area contributed by atoms with E-state index in [1.165, 1.54) is 5.54 Å². The summed E-state index contributed by atoms with van der Waals surface area (Å²) in [5.41, 5.74) is 3.62. The minimum atomic E-state index is 0.430. The van der Waals surface area contributed by atoms with E-state index in [0.29, 0.717) is 12.6 Å². The maximum atomic E-state index is 5.79. The minimum absolute atomic E-state index is 0.430. The van der Waals surface area contributed by atoms with E-state index in [-0.39, 0.29) is 0 Å². The zero-order valence-electron chi connectivity index (χ0n) is 12.0. The van der Waals surface area contributed by atoms with Crippen molar-refractivity contribution in [3.05, 3.63) is 34.9 Å². The quantitative estimate of drug-likeness (QED) is 0.827. The largest absolute Gasteiger partial charge is 0.497 e. The van der Waals surface area contributed by atoms with Crippen molar-refractivity contribution in [1.82, 2.24) is 5.32 Å². The van der Waals surface area contributed by atoms with Crippen molar-refractivity contribution in [1.29, 1.82) is 0 Å². The first-order valence-electron chi connectivity index (χ1n) is 6.35. The number of hydrogen-bond donors (Lipinski definition) is 1. The second kappa shape index (κ2) is 8.08. The normalized spacial score (nSPS) is 11.8.